The van der Waals surface area contributed by atoms with Crippen molar-refractivity contribution in [3.8, 4) is 11.4 Å². The second kappa shape index (κ2) is 6.55. The molecule has 2 aromatic carbocycles. The smallest absolute Gasteiger partial charge is 0.272 e. The minimum atomic E-state index is -0.478. The Kier molecular flexibility index (Phi) is 4.30. The van der Waals surface area contributed by atoms with Crippen molar-refractivity contribution >= 4 is 28.3 Å². The van der Waals surface area contributed by atoms with Crippen molar-refractivity contribution < 1.29 is 9.72 Å². The van der Waals surface area contributed by atoms with E-state index in [-0.39, 0.29) is 11.6 Å². The Balaban J connectivity index is 1.77. The molecule has 1 heterocycles. The molecule has 0 unspecified atom stereocenters. The van der Waals surface area contributed by atoms with Crippen molar-refractivity contribution in [1.29, 1.82) is 0 Å². The van der Waals surface area contributed by atoms with Crippen LogP contribution in [0.1, 0.15) is 15.9 Å². The lowest BCUT2D eigenvalue weighted by molar-refractivity contribution is -0.385. The number of hydrogen-bond donors (Lipinski definition) is 1. The van der Waals surface area contributed by atoms with E-state index < -0.39 is 4.92 Å². The molecule has 0 bridgehead atoms. The van der Waals surface area contributed by atoms with E-state index >= 15 is 0 Å². The second-order valence-corrected chi connectivity index (χ2v) is 5.75. The Hall–Kier alpha value is -3.13. The van der Waals surface area contributed by atoms with E-state index in [9.17, 15) is 14.9 Å². The maximum atomic E-state index is 12.3. The number of benzene rings is 2. The first kappa shape index (κ1) is 15.8. The van der Waals surface area contributed by atoms with Gasteiger partial charge in [-0.05, 0) is 19.1 Å². The molecule has 3 rings (SSSR count). The summed E-state index contributed by atoms with van der Waals surface area (Å²) in [6.45, 7) is 1.59. The van der Waals surface area contributed by atoms with E-state index in [2.05, 4.69) is 14.7 Å². The van der Waals surface area contributed by atoms with Crippen LogP contribution in [0.3, 0.4) is 0 Å². The first-order valence-electron chi connectivity index (χ1n) is 7.00. The third-order valence-corrected chi connectivity index (χ3v) is 3.96. The quantitative estimate of drug-likeness (QED) is 0.577. The number of nitrogens with zero attached hydrogens (tertiary/aromatic N) is 3. The molecule has 0 radical (unpaired) electrons. The summed E-state index contributed by atoms with van der Waals surface area (Å²) < 4.78 is 4.21. The number of hydrogen-bond acceptors (Lipinski definition) is 6. The highest BCUT2D eigenvalue weighted by Gasteiger charge is 2.15. The average molecular weight is 340 g/mol. The minimum Gasteiger partial charge on any atom is -0.297 e. The largest absolute Gasteiger partial charge is 0.297 e. The van der Waals surface area contributed by atoms with Crippen LogP contribution in [0.5, 0.6) is 0 Å². The van der Waals surface area contributed by atoms with Crippen LogP contribution in [0.15, 0.2) is 48.5 Å². The van der Waals surface area contributed by atoms with Crippen LogP contribution in [-0.2, 0) is 0 Å². The maximum Gasteiger partial charge on any atom is 0.272 e. The van der Waals surface area contributed by atoms with Crippen LogP contribution in [0.25, 0.3) is 11.4 Å². The zero-order chi connectivity index (χ0) is 17.1. The van der Waals surface area contributed by atoms with Crippen molar-refractivity contribution in [2.24, 2.45) is 0 Å². The van der Waals surface area contributed by atoms with Gasteiger partial charge in [0.05, 0.1) is 4.92 Å². The van der Waals surface area contributed by atoms with E-state index in [1.807, 2.05) is 30.3 Å². The van der Waals surface area contributed by atoms with Gasteiger partial charge >= 0.3 is 0 Å². The van der Waals surface area contributed by atoms with Gasteiger partial charge in [0.1, 0.15) is 0 Å². The number of carbonyl (C=O) groups excluding carboxylic acids is 1. The van der Waals surface area contributed by atoms with Crippen molar-refractivity contribution in [2.45, 2.75) is 6.92 Å². The molecule has 8 heteroatoms. The number of amides is 1. The third-order valence-electron chi connectivity index (χ3n) is 3.33. The van der Waals surface area contributed by atoms with Gasteiger partial charge in [0.15, 0.2) is 5.82 Å². The molecule has 0 aliphatic heterocycles. The molecule has 3 aromatic rings. The van der Waals surface area contributed by atoms with Crippen molar-refractivity contribution in [2.75, 3.05) is 5.32 Å². The van der Waals surface area contributed by atoms with Gasteiger partial charge in [-0.2, -0.15) is 9.36 Å². The molecule has 1 N–H and O–H groups in total. The van der Waals surface area contributed by atoms with Gasteiger partial charge in [0.2, 0.25) is 5.13 Å². The van der Waals surface area contributed by atoms with Gasteiger partial charge in [-0.15, -0.1) is 0 Å². The molecule has 1 amide bonds. The SMILES string of the molecule is Cc1cc(C(=O)Nc2nc(-c3ccccc3)ns2)ccc1[N+](=O)[O-]. The minimum absolute atomic E-state index is 0.0196. The highest BCUT2D eigenvalue weighted by atomic mass is 32.1. The summed E-state index contributed by atoms with van der Waals surface area (Å²) in [6, 6.07) is 13.6. The predicted molar refractivity (Wildman–Crippen MR) is 91.1 cm³/mol. The normalized spacial score (nSPS) is 10.4. The van der Waals surface area contributed by atoms with Crippen LogP contribution in [-0.4, -0.2) is 20.2 Å². The molecule has 1 aromatic heterocycles. The van der Waals surface area contributed by atoms with Crippen LogP contribution in [0, 0.1) is 17.0 Å². The summed E-state index contributed by atoms with van der Waals surface area (Å²) in [4.78, 5) is 26.9. The molecule has 7 nitrogen and oxygen atoms in total. The Morgan fingerprint density at radius 2 is 1.96 bits per heavy atom. The second-order valence-electron chi connectivity index (χ2n) is 5.00. The number of rotatable bonds is 4. The number of aromatic nitrogens is 2. The molecule has 0 atom stereocenters. The van der Waals surface area contributed by atoms with Crippen LogP contribution in [0.4, 0.5) is 10.8 Å². The molecule has 0 aliphatic carbocycles. The van der Waals surface area contributed by atoms with Gasteiger partial charge < -0.3 is 0 Å². The lowest BCUT2D eigenvalue weighted by Gasteiger charge is -2.03. The van der Waals surface area contributed by atoms with Crippen molar-refractivity contribution in [1.82, 2.24) is 9.36 Å². The third kappa shape index (κ3) is 3.28. The Morgan fingerprint density at radius 1 is 1.21 bits per heavy atom. The number of nitrogens with one attached hydrogen (secondary N) is 1. The lowest BCUT2D eigenvalue weighted by atomic mass is 10.1. The van der Waals surface area contributed by atoms with Crippen molar-refractivity contribution in [3.63, 3.8) is 0 Å². The number of nitro benzene ring substituents is 1. The molecule has 120 valence electrons. The van der Waals surface area contributed by atoms with E-state index in [0.717, 1.165) is 17.1 Å². The molecule has 0 saturated carbocycles. The number of nitro groups is 1. The van der Waals surface area contributed by atoms with Gasteiger partial charge in [0.25, 0.3) is 11.6 Å². The molecular weight excluding hydrogens is 328 g/mol. The maximum absolute atomic E-state index is 12.3. The predicted octanol–water partition coefficient (Wildman–Crippen LogP) is 3.67. The highest BCUT2D eigenvalue weighted by Crippen LogP contribution is 2.22. The zero-order valence-corrected chi connectivity index (χ0v) is 13.4. The van der Waals surface area contributed by atoms with E-state index in [1.165, 1.54) is 18.2 Å². The standard InChI is InChI=1S/C16H12N4O3S/c1-10-9-12(7-8-13(10)20(22)23)15(21)18-16-17-14(19-24-16)11-5-3-2-4-6-11/h2-9H,1H3,(H,17,18,19,21). The summed E-state index contributed by atoms with van der Waals surface area (Å²) in [5, 5.41) is 13.9. The zero-order valence-electron chi connectivity index (χ0n) is 12.6. The molecule has 24 heavy (non-hydrogen) atoms. The first-order valence-corrected chi connectivity index (χ1v) is 7.77. The monoisotopic (exact) mass is 340 g/mol. The average Bonchev–Trinajstić information content (AvgIpc) is 3.03. The Labute approximate surface area is 141 Å². The van der Waals surface area contributed by atoms with Crippen LogP contribution < -0.4 is 5.32 Å². The van der Waals surface area contributed by atoms with E-state index in [1.54, 1.807) is 6.92 Å². The molecule has 0 aliphatic rings. The van der Waals surface area contributed by atoms with Crippen LogP contribution in [0.2, 0.25) is 0 Å². The number of anilines is 1. The Morgan fingerprint density at radius 3 is 2.62 bits per heavy atom. The van der Waals surface area contributed by atoms with Gasteiger partial charge in [-0.25, -0.2) is 0 Å². The fraction of sp³-hybridized carbons (Fsp3) is 0.0625. The lowest BCUT2D eigenvalue weighted by Crippen LogP contribution is -2.12. The molecule has 0 saturated heterocycles. The van der Waals surface area contributed by atoms with Crippen molar-refractivity contribution in [3.05, 3.63) is 69.8 Å². The summed E-state index contributed by atoms with van der Waals surface area (Å²) in [7, 11) is 0. The highest BCUT2D eigenvalue weighted by molar-refractivity contribution is 7.10. The van der Waals surface area contributed by atoms with E-state index in [4.69, 9.17) is 0 Å². The number of aryl methyl sites for hydroxylation is 1. The summed E-state index contributed by atoms with van der Waals surface area (Å²) >= 11 is 1.08. The fourth-order valence-electron chi connectivity index (χ4n) is 2.15. The Bertz CT molecular complexity index is 909. The molecule has 0 spiro atoms. The van der Waals surface area contributed by atoms with E-state index in [0.29, 0.717) is 22.1 Å². The summed E-state index contributed by atoms with van der Waals surface area (Å²) in [5.74, 6) is 0.152. The van der Waals surface area contributed by atoms with Crippen LogP contribution >= 0.6 is 11.5 Å². The molecule has 0 fully saturated rings. The fourth-order valence-corrected chi connectivity index (χ4v) is 2.73. The number of carbonyl (C=O) groups is 1. The topological polar surface area (TPSA) is 98.0 Å². The molecular formula is C16H12N4O3S. The first-order chi connectivity index (χ1) is 11.5. The van der Waals surface area contributed by atoms with Gasteiger partial charge in [-0.3, -0.25) is 20.2 Å². The summed E-state index contributed by atoms with van der Waals surface area (Å²) in [5.41, 5.74) is 1.60. The van der Waals surface area contributed by atoms with Gasteiger partial charge in [0, 0.05) is 34.3 Å². The van der Waals surface area contributed by atoms with Gasteiger partial charge in [-0.1, -0.05) is 30.3 Å². The summed E-state index contributed by atoms with van der Waals surface area (Å²) in [6.07, 6.45) is 0.